The first-order chi connectivity index (χ1) is 11.9. The van der Waals surface area contributed by atoms with Crippen molar-refractivity contribution in [3.05, 3.63) is 11.6 Å². The lowest BCUT2D eigenvalue weighted by Gasteiger charge is -2.58. The van der Waals surface area contributed by atoms with Crippen molar-refractivity contribution in [2.75, 3.05) is 0 Å². The Bertz CT molecular complexity index is 536. The van der Waals surface area contributed by atoms with Crippen molar-refractivity contribution in [1.29, 1.82) is 0 Å². The number of aliphatic hydroxyl groups is 1. The van der Waals surface area contributed by atoms with Crippen LogP contribution in [0, 0.1) is 40.4 Å². The molecule has 8 atom stereocenters. The number of fused-ring (bicyclic) bond motifs is 5. The molecule has 4 aliphatic rings. The summed E-state index contributed by atoms with van der Waals surface area (Å²) in [6, 6.07) is 0. The summed E-state index contributed by atoms with van der Waals surface area (Å²) >= 11 is 0. The Balaban J connectivity index is 1.60. The summed E-state index contributed by atoms with van der Waals surface area (Å²) in [7, 11) is 0. The highest BCUT2D eigenvalue weighted by Crippen LogP contribution is 2.67. The molecule has 0 bridgehead atoms. The van der Waals surface area contributed by atoms with Crippen LogP contribution in [-0.2, 0) is 0 Å². The molecule has 3 fully saturated rings. The third kappa shape index (κ3) is 2.67. The minimum atomic E-state index is -0.0736. The maximum absolute atomic E-state index is 10.2. The monoisotopic (exact) mass is 344 g/mol. The van der Waals surface area contributed by atoms with Crippen LogP contribution in [0.25, 0.3) is 0 Å². The van der Waals surface area contributed by atoms with E-state index in [1.54, 1.807) is 5.57 Å². The molecule has 4 aliphatic carbocycles. The van der Waals surface area contributed by atoms with Gasteiger partial charge in [0.15, 0.2) is 0 Å². The van der Waals surface area contributed by atoms with Crippen LogP contribution in [-0.4, -0.2) is 11.2 Å². The Morgan fingerprint density at radius 3 is 2.68 bits per heavy atom. The fourth-order valence-corrected chi connectivity index (χ4v) is 8.27. The van der Waals surface area contributed by atoms with E-state index in [0.29, 0.717) is 10.8 Å². The van der Waals surface area contributed by atoms with E-state index in [0.717, 1.165) is 42.4 Å². The van der Waals surface area contributed by atoms with Gasteiger partial charge in [0.25, 0.3) is 0 Å². The van der Waals surface area contributed by atoms with Gasteiger partial charge in [0, 0.05) is 0 Å². The van der Waals surface area contributed by atoms with Gasteiger partial charge in [-0.15, -0.1) is 0 Å². The minimum absolute atomic E-state index is 0.0736. The normalized spacial score (nSPS) is 50.4. The summed E-state index contributed by atoms with van der Waals surface area (Å²) in [6.45, 7) is 10.1. The molecule has 4 rings (SSSR count). The van der Waals surface area contributed by atoms with E-state index in [-0.39, 0.29) is 6.10 Å². The van der Waals surface area contributed by atoms with E-state index >= 15 is 0 Å². The van der Waals surface area contributed by atoms with Crippen LogP contribution in [0.1, 0.15) is 91.9 Å². The van der Waals surface area contributed by atoms with Crippen LogP contribution in [0.3, 0.4) is 0 Å². The van der Waals surface area contributed by atoms with Gasteiger partial charge in [0.2, 0.25) is 0 Å². The predicted octanol–water partition coefficient (Wildman–Crippen LogP) is 6.36. The number of rotatable bonds is 3. The second kappa shape index (κ2) is 6.39. The zero-order chi connectivity index (χ0) is 17.8. The third-order valence-corrected chi connectivity index (χ3v) is 9.58. The molecule has 0 aromatic carbocycles. The maximum Gasteiger partial charge on any atom is 0.0577 e. The molecule has 142 valence electrons. The fourth-order valence-electron chi connectivity index (χ4n) is 8.27. The molecule has 0 aromatic heterocycles. The molecule has 1 N–H and O–H groups in total. The molecule has 0 spiro atoms. The van der Waals surface area contributed by atoms with E-state index in [4.69, 9.17) is 0 Å². The molecule has 25 heavy (non-hydrogen) atoms. The van der Waals surface area contributed by atoms with E-state index in [1.165, 1.54) is 51.4 Å². The van der Waals surface area contributed by atoms with Gasteiger partial charge in [-0.2, -0.15) is 0 Å². The summed E-state index contributed by atoms with van der Waals surface area (Å²) in [4.78, 5) is 0. The van der Waals surface area contributed by atoms with Crippen LogP contribution in [0.2, 0.25) is 0 Å². The van der Waals surface area contributed by atoms with Gasteiger partial charge in [-0.25, -0.2) is 0 Å². The lowest BCUT2D eigenvalue weighted by Crippen LogP contribution is -2.50. The lowest BCUT2D eigenvalue weighted by molar-refractivity contribution is -0.0571. The molecule has 3 saturated carbocycles. The molecule has 1 unspecified atom stereocenters. The summed E-state index contributed by atoms with van der Waals surface area (Å²) in [5, 5.41) is 10.2. The Kier molecular flexibility index (Phi) is 4.63. The highest BCUT2D eigenvalue weighted by Gasteiger charge is 2.58. The second-order valence-corrected chi connectivity index (χ2v) is 10.7. The molecule has 0 aromatic rings. The van der Waals surface area contributed by atoms with Gasteiger partial charge in [0.1, 0.15) is 0 Å². The second-order valence-electron chi connectivity index (χ2n) is 10.7. The summed E-state index contributed by atoms with van der Waals surface area (Å²) in [6.07, 6.45) is 15.6. The molecule has 0 amide bonds. The Morgan fingerprint density at radius 2 is 1.92 bits per heavy atom. The number of hydrogen-bond acceptors (Lipinski definition) is 1. The first-order valence-electron chi connectivity index (χ1n) is 11.3. The quantitative estimate of drug-likeness (QED) is 0.590. The van der Waals surface area contributed by atoms with Crippen molar-refractivity contribution in [3.63, 3.8) is 0 Å². The van der Waals surface area contributed by atoms with Crippen LogP contribution >= 0.6 is 0 Å². The largest absolute Gasteiger partial charge is 0.393 e. The Labute approximate surface area is 155 Å². The Hall–Kier alpha value is -0.300. The summed E-state index contributed by atoms with van der Waals surface area (Å²) in [5.74, 6) is 4.63. The van der Waals surface area contributed by atoms with Crippen LogP contribution in [0.15, 0.2) is 11.6 Å². The van der Waals surface area contributed by atoms with Crippen LogP contribution in [0.5, 0.6) is 0 Å². The maximum atomic E-state index is 10.2. The molecule has 1 nitrogen and oxygen atoms in total. The molecule has 0 heterocycles. The van der Waals surface area contributed by atoms with Crippen molar-refractivity contribution >= 4 is 0 Å². The Morgan fingerprint density at radius 1 is 1.12 bits per heavy atom. The van der Waals surface area contributed by atoms with Crippen molar-refractivity contribution in [2.24, 2.45) is 40.4 Å². The first kappa shape index (κ1) is 18.1. The fraction of sp³-hybridized carbons (Fsp3) is 0.917. The van der Waals surface area contributed by atoms with E-state index in [9.17, 15) is 5.11 Å². The van der Waals surface area contributed by atoms with Gasteiger partial charge < -0.3 is 5.11 Å². The number of hydrogen-bond donors (Lipinski definition) is 1. The zero-order valence-electron chi connectivity index (χ0n) is 17.1. The first-order valence-corrected chi connectivity index (χ1v) is 11.3. The molecule has 0 aliphatic heterocycles. The average molecular weight is 345 g/mol. The highest BCUT2D eigenvalue weighted by molar-refractivity contribution is 5.25. The van der Waals surface area contributed by atoms with E-state index < -0.39 is 0 Å². The molecular weight excluding hydrogens is 304 g/mol. The minimum Gasteiger partial charge on any atom is -0.393 e. The molecule has 0 saturated heterocycles. The van der Waals surface area contributed by atoms with Crippen molar-refractivity contribution in [3.8, 4) is 0 Å². The van der Waals surface area contributed by atoms with Crippen molar-refractivity contribution in [2.45, 2.75) is 98.0 Å². The highest BCUT2D eigenvalue weighted by atomic mass is 16.3. The van der Waals surface area contributed by atoms with Crippen molar-refractivity contribution < 1.29 is 5.11 Å². The summed E-state index contributed by atoms with van der Waals surface area (Å²) in [5.41, 5.74) is 2.62. The third-order valence-electron chi connectivity index (χ3n) is 9.58. The molecule has 0 radical (unpaired) electrons. The molecular formula is C24H40O. The van der Waals surface area contributed by atoms with Gasteiger partial charge in [-0.05, 0) is 91.8 Å². The lowest BCUT2D eigenvalue weighted by atomic mass is 9.47. The average Bonchev–Trinajstić information content (AvgIpc) is 2.93. The predicted molar refractivity (Wildman–Crippen MR) is 105 cm³/mol. The smallest absolute Gasteiger partial charge is 0.0577 e. The summed E-state index contributed by atoms with van der Waals surface area (Å²) < 4.78 is 0. The standard InChI is InChI=1S/C24H40O/c1-5-6-16(2)20-9-10-21-19-8-7-17-15-18(25)11-13-23(17,3)22(19)12-14-24(20,21)4/h7,16,18-22,25H,5-6,8-15H2,1-4H3/t16-,18+,19+,20?,21+,22+,23+,24-/m1/s1. The topological polar surface area (TPSA) is 20.2 Å². The van der Waals surface area contributed by atoms with Crippen LogP contribution in [0.4, 0.5) is 0 Å². The zero-order valence-corrected chi connectivity index (χ0v) is 17.1. The van der Waals surface area contributed by atoms with Gasteiger partial charge >= 0.3 is 0 Å². The number of aliphatic hydroxyl groups excluding tert-OH is 1. The van der Waals surface area contributed by atoms with Crippen LogP contribution < -0.4 is 0 Å². The number of allylic oxidation sites excluding steroid dienone is 1. The van der Waals surface area contributed by atoms with E-state index in [2.05, 4.69) is 33.8 Å². The van der Waals surface area contributed by atoms with E-state index in [1.807, 2.05) is 0 Å². The van der Waals surface area contributed by atoms with Gasteiger partial charge in [-0.1, -0.05) is 52.2 Å². The van der Waals surface area contributed by atoms with Gasteiger partial charge in [-0.3, -0.25) is 0 Å². The van der Waals surface area contributed by atoms with Gasteiger partial charge in [0.05, 0.1) is 6.10 Å². The molecule has 1 heteroatoms. The van der Waals surface area contributed by atoms with Crippen molar-refractivity contribution in [1.82, 2.24) is 0 Å². The SMILES string of the molecule is CCC[C@@H](C)C1CC[C@H]2[C@@H]3CC=C4C[C@@H](O)CC[C@]4(C)[C@H]3CC[C@]12C.